The molecule has 2 rings (SSSR count). The number of aliphatic imine (C=N–C) groups is 1. The van der Waals surface area contributed by atoms with Crippen LogP contribution < -0.4 is 5.32 Å². The lowest BCUT2D eigenvalue weighted by atomic mass is 9.86. The highest BCUT2D eigenvalue weighted by Gasteiger charge is 2.36. The Morgan fingerprint density at radius 3 is 2.57 bits per heavy atom. The maximum absolute atomic E-state index is 12.3. The van der Waals surface area contributed by atoms with Gasteiger partial charge in [0.05, 0.1) is 11.1 Å². The van der Waals surface area contributed by atoms with Crippen LogP contribution in [-0.2, 0) is 4.79 Å². The highest BCUT2D eigenvalue weighted by molar-refractivity contribution is 8.13. The number of carbonyl (C=O) groups excluding carboxylic acids is 1. The Balaban J connectivity index is 2.32. The summed E-state index contributed by atoms with van der Waals surface area (Å²) in [6.07, 6.45) is 1.99. The van der Waals surface area contributed by atoms with Crippen LogP contribution in [0.2, 0.25) is 0 Å². The largest absolute Gasteiger partial charge is 0.304 e. The van der Waals surface area contributed by atoms with E-state index in [1.54, 1.807) is 11.8 Å². The number of hydrogen-bond acceptors (Lipinski definition) is 3. The van der Waals surface area contributed by atoms with Crippen molar-refractivity contribution in [2.24, 2.45) is 16.3 Å². The molecule has 0 aromatic heterocycles. The monoisotopic (exact) mass is 302 g/mol. The van der Waals surface area contributed by atoms with E-state index < -0.39 is 5.41 Å². The molecule has 112 valence electrons. The normalized spacial score (nSPS) is 19.6. The fourth-order valence-corrected chi connectivity index (χ4v) is 2.70. The third-order valence-corrected chi connectivity index (χ3v) is 4.61. The van der Waals surface area contributed by atoms with Gasteiger partial charge in [0, 0.05) is 5.75 Å². The molecule has 0 unspecified atom stereocenters. The summed E-state index contributed by atoms with van der Waals surface area (Å²) < 4.78 is 0. The summed E-state index contributed by atoms with van der Waals surface area (Å²) in [5, 5.41) is 3.61. The van der Waals surface area contributed by atoms with Crippen LogP contribution in [0, 0.1) is 11.3 Å². The molecule has 1 aliphatic rings. The van der Waals surface area contributed by atoms with Crippen LogP contribution in [-0.4, -0.2) is 16.8 Å². The predicted octanol–water partition coefficient (Wildman–Crippen LogP) is 3.93. The molecule has 21 heavy (non-hydrogen) atoms. The van der Waals surface area contributed by atoms with Crippen molar-refractivity contribution < 1.29 is 4.79 Å². The Hall–Kier alpha value is -1.55. The van der Waals surface area contributed by atoms with E-state index in [2.05, 4.69) is 24.2 Å². The molecule has 0 atom stereocenters. The SMILES string of the molecule is CC(C)CSC1=N/C(=C/c2ccccc2)C(C)(C)C(=O)N1. The fraction of sp³-hybridized carbons (Fsp3) is 0.412. The van der Waals surface area contributed by atoms with Gasteiger partial charge in [0.1, 0.15) is 0 Å². The van der Waals surface area contributed by atoms with Gasteiger partial charge in [-0.1, -0.05) is 55.9 Å². The lowest BCUT2D eigenvalue weighted by molar-refractivity contribution is -0.126. The molecule has 0 spiro atoms. The molecule has 0 saturated heterocycles. The molecule has 1 amide bonds. The van der Waals surface area contributed by atoms with Gasteiger partial charge in [0.15, 0.2) is 5.17 Å². The van der Waals surface area contributed by atoms with Crippen LogP contribution in [0.5, 0.6) is 0 Å². The quantitative estimate of drug-likeness (QED) is 0.919. The third kappa shape index (κ3) is 3.97. The van der Waals surface area contributed by atoms with Gasteiger partial charge in [-0.2, -0.15) is 0 Å². The van der Waals surface area contributed by atoms with E-state index >= 15 is 0 Å². The number of nitrogens with one attached hydrogen (secondary N) is 1. The highest BCUT2D eigenvalue weighted by atomic mass is 32.2. The molecule has 1 heterocycles. The number of thioether (sulfide) groups is 1. The number of benzene rings is 1. The Morgan fingerprint density at radius 1 is 1.29 bits per heavy atom. The van der Waals surface area contributed by atoms with E-state index in [0.717, 1.165) is 17.0 Å². The van der Waals surface area contributed by atoms with Crippen molar-refractivity contribution >= 4 is 28.9 Å². The smallest absolute Gasteiger partial charge is 0.237 e. The van der Waals surface area contributed by atoms with Crippen molar-refractivity contribution in [3.63, 3.8) is 0 Å². The summed E-state index contributed by atoms with van der Waals surface area (Å²) in [6, 6.07) is 9.99. The summed E-state index contributed by atoms with van der Waals surface area (Å²) in [5.74, 6) is 1.51. The van der Waals surface area contributed by atoms with Gasteiger partial charge in [-0.3, -0.25) is 4.79 Å². The second kappa shape index (κ2) is 6.48. The first kappa shape index (κ1) is 15.8. The molecule has 0 radical (unpaired) electrons. The van der Waals surface area contributed by atoms with Crippen molar-refractivity contribution in [3.8, 4) is 0 Å². The molecule has 0 bridgehead atoms. The Morgan fingerprint density at radius 2 is 1.95 bits per heavy atom. The highest BCUT2D eigenvalue weighted by Crippen LogP contribution is 2.33. The summed E-state index contributed by atoms with van der Waals surface area (Å²) in [6.45, 7) is 8.13. The number of hydrogen-bond donors (Lipinski definition) is 1. The zero-order chi connectivity index (χ0) is 15.5. The Bertz CT molecular complexity index is 574. The second-order valence-electron chi connectivity index (χ2n) is 6.14. The predicted molar refractivity (Wildman–Crippen MR) is 91.1 cm³/mol. The van der Waals surface area contributed by atoms with Crippen LogP contribution in [0.25, 0.3) is 6.08 Å². The van der Waals surface area contributed by atoms with E-state index in [4.69, 9.17) is 0 Å². The van der Waals surface area contributed by atoms with Crippen molar-refractivity contribution in [2.45, 2.75) is 27.7 Å². The van der Waals surface area contributed by atoms with Crippen LogP contribution >= 0.6 is 11.8 Å². The molecule has 0 fully saturated rings. The third-order valence-electron chi connectivity index (χ3n) is 3.31. The minimum absolute atomic E-state index is 0.00550. The molecule has 0 aliphatic carbocycles. The maximum atomic E-state index is 12.3. The topological polar surface area (TPSA) is 41.5 Å². The summed E-state index contributed by atoms with van der Waals surface area (Å²) >= 11 is 1.60. The number of carbonyl (C=O) groups is 1. The van der Waals surface area contributed by atoms with Crippen LogP contribution in [0.3, 0.4) is 0 Å². The Kier molecular flexibility index (Phi) is 4.88. The minimum atomic E-state index is -0.613. The molecule has 3 nitrogen and oxygen atoms in total. The first-order chi connectivity index (χ1) is 9.89. The number of amidine groups is 1. The summed E-state index contributed by atoms with van der Waals surface area (Å²) in [7, 11) is 0. The molecule has 0 saturated carbocycles. The van der Waals surface area contributed by atoms with Gasteiger partial charge in [-0.05, 0) is 31.4 Å². The molecule has 1 aromatic rings. The van der Waals surface area contributed by atoms with Crippen molar-refractivity contribution in [1.29, 1.82) is 0 Å². The Labute approximate surface area is 130 Å². The van der Waals surface area contributed by atoms with E-state index in [-0.39, 0.29) is 5.91 Å². The average Bonchev–Trinajstić information content (AvgIpc) is 2.43. The molecule has 1 aliphatic heterocycles. The molecule has 1 aromatic carbocycles. The summed E-state index contributed by atoms with van der Waals surface area (Å²) in [4.78, 5) is 17.0. The molecule has 1 N–H and O–H groups in total. The van der Waals surface area contributed by atoms with Gasteiger partial charge in [0.2, 0.25) is 5.91 Å². The lowest BCUT2D eigenvalue weighted by Gasteiger charge is -2.29. The maximum Gasteiger partial charge on any atom is 0.237 e. The average molecular weight is 302 g/mol. The number of rotatable bonds is 3. The van der Waals surface area contributed by atoms with E-state index in [1.807, 2.05) is 50.3 Å². The van der Waals surface area contributed by atoms with E-state index in [1.165, 1.54) is 0 Å². The second-order valence-corrected chi connectivity index (χ2v) is 7.15. The standard InChI is InChI=1S/C17H22N2OS/c1-12(2)11-21-16-18-14(17(3,4)15(20)19-16)10-13-8-6-5-7-9-13/h5-10,12H,11H2,1-4H3,(H,18,19,20)/b14-10+. The van der Waals surface area contributed by atoms with Crippen LogP contribution in [0.1, 0.15) is 33.3 Å². The lowest BCUT2D eigenvalue weighted by Crippen LogP contribution is -2.44. The molecular formula is C17H22N2OS. The minimum Gasteiger partial charge on any atom is -0.304 e. The van der Waals surface area contributed by atoms with Crippen molar-refractivity contribution in [2.75, 3.05) is 5.75 Å². The van der Waals surface area contributed by atoms with Crippen molar-refractivity contribution in [3.05, 3.63) is 41.6 Å². The fourth-order valence-electron chi connectivity index (χ4n) is 1.88. The molecular weight excluding hydrogens is 280 g/mol. The number of amides is 1. The number of nitrogens with zero attached hydrogens (tertiary/aromatic N) is 1. The first-order valence-corrected chi connectivity index (χ1v) is 8.18. The van der Waals surface area contributed by atoms with Gasteiger partial charge in [-0.15, -0.1) is 0 Å². The summed E-state index contributed by atoms with van der Waals surface area (Å²) in [5.41, 5.74) is 1.26. The van der Waals surface area contributed by atoms with Gasteiger partial charge < -0.3 is 5.32 Å². The van der Waals surface area contributed by atoms with Gasteiger partial charge in [-0.25, -0.2) is 4.99 Å². The van der Waals surface area contributed by atoms with Crippen molar-refractivity contribution in [1.82, 2.24) is 5.32 Å². The zero-order valence-corrected chi connectivity index (χ0v) is 13.8. The van der Waals surface area contributed by atoms with Gasteiger partial charge >= 0.3 is 0 Å². The van der Waals surface area contributed by atoms with Crippen LogP contribution in [0.4, 0.5) is 0 Å². The van der Waals surface area contributed by atoms with E-state index in [0.29, 0.717) is 11.1 Å². The van der Waals surface area contributed by atoms with Crippen LogP contribution in [0.15, 0.2) is 41.0 Å². The first-order valence-electron chi connectivity index (χ1n) is 7.20. The van der Waals surface area contributed by atoms with E-state index in [9.17, 15) is 4.79 Å². The molecule has 4 heteroatoms. The van der Waals surface area contributed by atoms with Gasteiger partial charge in [0.25, 0.3) is 0 Å². The zero-order valence-electron chi connectivity index (χ0n) is 13.0.